The standard InChI is InChI=1S/C13H10N2O6/c16-7-8-3-1-2-4-11(8)21-12-10(13(17)18)5-9(6-14-12)15(19)20/h1-6,16H,7H2,(H,17,18). The Balaban J connectivity index is 2.44. The Kier molecular flexibility index (Phi) is 4.10. The van der Waals surface area contributed by atoms with E-state index in [2.05, 4.69) is 4.98 Å². The SMILES string of the molecule is O=C(O)c1cc([N+](=O)[O-])cnc1Oc1ccccc1CO. The quantitative estimate of drug-likeness (QED) is 0.637. The Morgan fingerprint density at radius 1 is 1.38 bits per heavy atom. The van der Waals surface area contributed by atoms with Crippen LogP contribution in [0, 0.1) is 10.1 Å². The summed E-state index contributed by atoms with van der Waals surface area (Å²) in [7, 11) is 0. The van der Waals surface area contributed by atoms with E-state index in [1.165, 1.54) is 6.07 Å². The van der Waals surface area contributed by atoms with Gasteiger partial charge in [-0.25, -0.2) is 9.78 Å². The van der Waals surface area contributed by atoms with Crippen LogP contribution >= 0.6 is 0 Å². The van der Waals surface area contributed by atoms with Gasteiger partial charge in [0.15, 0.2) is 0 Å². The number of carbonyl (C=O) groups is 1. The zero-order chi connectivity index (χ0) is 15.4. The zero-order valence-electron chi connectivity index (χ0n) is 10.6. The van der Waals surface area contributed by atoms with Crippen LogP contribution in [0.5, 0.6) is 11.6 Å². The number of ether oxygens (including phenoxy) is 1. The van der Waals surface area contributed by atoms with Crippen LogP contribution in [0.3, 0.4) is 0 Å². The first-order chi connectivity index (χ1) is 10.0. The first-order valence-corrected chi connectivity index (χ1v) is 5.77. The van der Waals surface area contributed by atoms with Crippen LogP contribution in [-0.2, 0) is 6.61 Å². The van der Waals surface area contributed by atoms with Crippen LogP contribution in [0.15, 0.2) is 36.5 Å². The molecule has 1 aromatic heterocycles. The number of para-hydroxylation sites is 1. The zero-order valence-corrected chi connectivity index (χ0v) is 10.6. The monoisotopic (exact) mass is 290 g/mol. The second-order valence-corrected chi connectivity index (χ2v) is 3.98. The van der Waals surface area contributed by atoms with Crippen LogP contribution in [0.25, 0.3) is 0 Å². The number of nitrogens with zero attached hydrogens (tertiary/aromatic N) is 2. The summed E-state index contributed by atoms with van der Waals surface area (Å²) in [6.45, 7) is -0.300. The van der Waals surface area contributed by atoms with Gasteiger partial charge in [0, 0.05) is 11.6 Å². The van der Waals surface area contributed by atoms with E-state index in [0.717, 1.165) is 12.3 Å². The maximum absolute atomic E-state index is 11.1. The molecule has 8 heteroatoms. The number of benzene rings is 1. The summed E-state index contributed by atoms with van der Waals surface area (Å²) in [5.41, 5.74) is -0.443. The van der Waals surface area contributed by atoms with Gasteiger partial charge in [0.05, 0.1) is 11.5 Å². The smallest absolute Gasteiger partial charge is 0.341 e. The minimum absolute atomic E-state index is 0.226. The number of hydrogen-bond donors (Lipinski definition) is 2. The maximum atomic E-state index is 11.1. The van der Waals surface area contributed by atoms with Crippen molar-refractivity contribution in [1.29, 1.82) is 0 Å². The number of hydrogen-bond acceptors (Lipinski definition) is 6. The largest absolute Gasteiger partial charge is 0.477 e. The van der Waals surface area contributed by atoms with Crippen LogP contribution in [0.4, 0.5) is 5.69 Å². The molecular formula is C13H10N2O6. The summed E-state index contributed by atoms with van der Waals surface area (Å²) in [4.78, 5) is 24.7. The molecule has 0 saturated carbocycles. The molecule has 1 aromatic carbocycles. The average molecular weight is 290 g/mol. The van der Waals surface area contributed by atoms with E-state index in [1.54, 1.807) is 18.2 Å². The van der Waals surface area contributed by atoms with Crippen LogP contribution < -0.4 is 4.74 Å². The third-order valence-electron chi connectivity index (χ3n) is 2.63. The molecule has 0 spiro atoms. The van der Waals surface area contributed by atoms with Crippen molar-refractivity contribution in [2.75, 3.05) is 0 Å². The molecule has 0 aliphatic heterocycles. The van der Waals surface area contributed by atoms with Crippen molar-refractivity contribution in [3.05, 3.63) is 57.8 Å². The van der Waals surface area contributed by atoms with Gasteiger partial charge >= 0.3 is 5.97 Å². The molecule has 0 amide bonds. The summed E-state index contributed by atoms with van der Waals surface area (Å²) >= 11 is 0. The Bertz CT molecular complexity index is 701. The lowest BCUT2D eigenvalue weighted by atomic mass is 10.2. The Hall–Kier alpha value is -3.00. The molecule has 0 bridgehead atoms. The second-order valence-electron chi connectivity index (χ2n) is 3.98. The van der Waals surface area contributed by atoms with Gasteiger partial charge in [0.2, 0.25) is 5.88 Å². The maximum Gasteiger partial charge on any atom is 0.341 e. The molecule has 0 radical (unpaired) electrons. The predicted molar refractivity (Wildman–Crippen MR) is 70.3 cm³/mol. The van der Waals surface area contributed by atoms with E-state index in [-0.39, 0.29) is 18.2 Å². The fourth-order valence-electron chi connectivity index (χ4n) is 1.61. The van der Waals surface area contributed by atoms with E-state index >= 15 is 0 Å². The van der Waals surface area contributed by atoms with Crippen LogP contribution in [-0.4, -0.2) is 26.1 Å². The van der Waals surface area contributed by atoms with Crippen molar-refractivity contribution in [1.82, 2.24) is 4.98 Å². The molecule has 0 aliphatic rings. The normalized spacial score (nSPS) is 10.1. The van der Waals surface area contributed by atoms with Crippen molar-refractivity contribution < 1.29 is 24.7 Å². The van der Waals surface area contributed by atoms with Crippen molar-refractivity contribution in [3.8, 4) is 11.6 Å². The van der Waals surface area contributed by atoms with Crippen LogP contribution in [0.2, 0.25) is 0 Å². The highest BCUT2D eigenvalue weighted by Gasteiger charge is 2.19. The van der Waals surface area contributed by atoms with Crippen molar-refractivity contribution in [3.63, 3.8) is 0 Å². The van der Waals surface area contributed by atoms with Gasteiger partial charge in [0.1, 0.15) is 17.5 Å². The summed E-state index contributed by atoms with van der Waals surface area (Å²) in [5, 5.41) is 28.9. The lowest BCUT2D eigenvalue weighted by Crippen LogP contribution is -2.04. The van der Waals surface area contributed by atoms with E-state index in [9.17, 15) is 20.0 Å². The van der Waals surface area contributed by atoms with Gasteiger partial charge < -0.3 is 14.9 Å². The fraction of sp³-hybridized carbons (Fsp3) is 0.0769. The van der Waals surface area contributed by atoms with Crippen molar-refractivity contribution in [2.24, 2.45) is 0 Å². The number of aliphatic hydroxyl groups excluding tert-OH is 1. The Labute approximate surface area is 118 Å². The molecule has 0 unspecified atom stereocenters. The van der Waals surface area contributed by atoms with E-state index in [1.807, 2.05) is 0 Å². The highest BCUT2D eigenvalue weighted by Crippen LogP contribution is 2.28. The molecule has 8 nitrogen and oxygen atoms in total. The molecule has 0 aliphatic carbocycles. The van der Waals surface area contributed by atoms with Crippen molar-refractivity contribution in [2.45, 2.75) is 6.61 Å². The Morgan fingerprint density at radius 2 is 2.10 bits per heavy atom. The summed E-state index contributed by atoms with van der Waals surface area (Å²) in [6.07, 6.45) is 0.906. The van der Waals surface area contributed by atoms with E-state index in [0.29, 0.717) is 5.56 Å². The number of aliphatic hydroxyl groups is 1. The number of rotatable bonds is 5. The van der Waals surface area contributed by atoms with E-state index in [4.69, 9.17) is 9.84 Å². The number of aromatic carboxylic acids is 1. The average Bonchev–Trinajstić information content (AvgIpc) is 2.47. The third kappa shape index (κ3) is 3.12. The topological polar surface area (TPSA) is 123 Å². The van der Waals surface area contributed by atoms with E-state index < -0.39 is 22.1 Å². The fourth-order valence-corrected chi connectivity index (χ4v) is 1.61. The molecule has 1 heterocycles. The molecule has 2 aromatic rings. The Morgan fingerprint density at radius 3 is 2.71 bits per heavy atom. The molecule has 108 valence electrons. The number of nitro groups is 1. The number of pyridine rings is 1. The highest BCUT2D eigenvalue weighted by atomic mass is 16.6. The van der Waals surface area contributed by atoms with Gasteiger partial charge in [-0.05, 0) is 6.07 Å². The summed E-state index contributed by atoms with van der Waals surface area (Å²) < 4.78 is 5.35. The number of aromatic nitrogens is 1. The molecule has 2 rings (SSSR count). The molecular weight excluding hydrogens is 280 g/mol. The molecule has 21 heavy (non-hydrogen) atoms. The number of carboxylic acids is 1. The minimum Gasteiger partial charge on any atom is -0.477 e. The van der Waals surface area contributed by atoms with Crippen molar-refractivity contribution >= 4 is 11.7 Å². The van der Waals surface area contributed by atoms with Gasteiger partial charge in [0.25, 0.3) is 5.69 Å². The lowest BCUT2D eigenvalue weighted by molar-refractivity contribution is -0.385. The van der Waals surface area contributed by atoms with Gasteiger partial charge in [-0.15, -0.1) is 0 Å². The van der Waals surface area contributed by atoms with Gasteiger partial charge in [-0.2, -0.15) is 0 Å². The number of carboxylic acid groups (broad SMARTS) is 1. The van der Waals surface area contributed by atoms with Crippen LogP contribution in [0.1, 0.15) is 15.9 Å². The minimum atomic E-state index is -1.40. The second kappa shape index (κ2) is 5.97. The predicted octanol–water partition coefficient (Wildman–Crippen LogP) is 1.97. The molecule has 0 saturated heterocycles. The highest BCUT2D eigenvalue weighted by molar-refractivity contribution is 5.91. The first kappa shape index (κ1) is 14.4. The summed E-state index contributed by atoms with van der Waals surface area (Å²) in [5.74, 6) is -1.46. The lowest BCUT2D eigenvalue weighted by Gasteiger charge is -2.10. The molecule has 0 fully saturated rings. The molecule has 0 atom stereocenters. The van der Waals surface area contributed by atoms with Gasteiger partial charge in [-0.1, -0.05) is 18.2 Å². The molecule has 2 N–H and O–H groups in total. The summed E-state index contributed by atoms with van der Waals surface area (Å²) in [6, 6.07) is 7.31. The third-order valence-corrected chi connectivity index (χ3v) is 2.63. The van der Waals surface area contributed by atoms with Gasteiger partial charge in [-0.3, -0.25) is 10.1 Å². The first-order valence-electron chi connectivity index (χ1n) is 5.77.